The number of nitrogens with zero attached hydrogens (tertiary/aromatic N) is 3. The minimum absolute atomic E-state index is 0.211. The fraction of sp³-hybridized carbons (Fsp3) is 0.227. The number of aromatic nitrogens is 2. The zero-order chi connectivity index (χ0) is 20.4. The van der Waals surface area contributed by atoms with Gasteiger partial charge in [0.1, 0.15) is 11.5 Å². The third-order valence-electron chi connectivity index (χ3n) is 5.08. The van der Waals surface area contributed by atoms with Gasteiger partial charge in [0, 0.05) is 26.3 Å². The molecule has 4 rings (SSSR count). The molecule has 1 aliphatic heterocycles. The van der Waals surface area contributed by atoms with Gasteiger partial charge in [-0.3, -0.25) is 9.59 Å². The van der Waals surface area contributed by atoms with Crippen LogP contribution in [-0.2, 0) is 13.0 Å². The van der Waals surface area contributed by atoms with E-state index in [1.54, 1.807) is 34.8 Å². The van der Waals surface area contributed by atoms with Gasteiger partial charge in [-0.1, -0.05) is 42.5 Å². The summed E-state index contributed by atoms with van der Waals surface area (Å²) >= 11 is 0. The maximum absolute atomic E-state index is 13.2. The number of amides is 2. The first-order chi connectivity index (χ1) is 14.0. The topological polar surface area (TPSA) is 67.2 Å². The minimum Gasteiger partial charge on any atom is -0.341 e. The third kappa shape index (κ3) is 4.03. The van der Waals surface area contributed by atoms with Crippen LogP contribution in [0.3, 0.4) is 0 Å². The first-order valence-electron chi connectivity index (χ1n) is 9.44. The van der Waals surface area contributed by atoms with Crippen LogP contribution in [0, 0.1) is 5.82 Å². The largest absolute Gasteiger partial charge is 0.341 e. The molecule has 1 atom stereocenters. The summed E-state index contributed by atoms with van der Waals surface area (Å²) in [7, 11) is 1.73. The van der Waals surface area contributed by atoms with Crippen LogP contribution in [0.2, 0.25) is 0 Å². The van der Waals surface area contributed by atoms with E-state index < -0.39 is 0 Å². The molecule has 29 heavy (non-hydrogen) atoms. The Bertz CT molecular complexity index is 1030. The summed E-state index contributed by atoms with van der Waals surface area (Å²) in [6, 6.07) is 15.6. The van der Waals surface area contributed by atoms with Gasteiger partial charge in [-0.05, 0) is 29.7 Å². The number of hydrogen-bond acceptors (Lipinski definition) is 3. The third-order valence-corrected chi connectivity index (χ3v) is 5.08. The smallest absolute Gasteiger partial charge is 0.287 e. The summed E-state index contributed by atoms with van der Waals surface area (Å²) in [5.41, 5.74) is 2.19. The van der Waals surface area contributed by atoms with Crippen molar-refractivity contribution in [3.05, 3.63) is 89.3 Å². The Hall–Kier alpha value is -3.48. The SMILES string of the molecule is CN(CCc1ccccc1)C(=O)c1cn2c(n1)C(=O)NC(c1ccc(F)cc1)C2. The second-order valence-electron chi connectivity index (χ2n) is 7.14. The van der Waals surface area contributed by atoms with Crippen molar-refractivity contribution in [1.82, 2.24) is 19.8 Å². The zero-order valence-electron chi connectivity index (χ0n) is 16.0. The lowest BCUT2D eigenvalue weighted by Crippen LogP contribution is -2.38. The highest BCUT2D eigenvalue weighted by molar-refractivity contribution is 5.96. The molecule has 6 nitrogen and oxygen atoms in total. The molecule has 2 amide bonds. The van der Waals surface area contributed by atoms with Gasteiger partial charge in [-0.15, -0.1) is 0 Å². The monoisotopic (exact) mass is 392 g/mol. The molecule has 1 aliphatic rings. The molecule has 0 radical (unpaired) electrons. The Kier molecular flexibility index (Phi) is 5.12. The van der Waals surface area contributed by atoms with Crippen molar-refractivity contribution in [1.29, 1.82) is 0 Å². The molecule has 2 heterocycles. The Morgan fingerprint density at radius 3 is 2.66 bits per heavy atom. The van der Waals surface area contributed by atoms with Gasteiger partial charge < -0.3 is 14.8 Å². The molecular weight excluding hydrogens is 371 g/mol. The molecular formula is C22H21FN4O2. The molecule has 1 aromatic heterocycles. The Balaban J connectivity index is 1.47. The van der Waals surface area contributed by atoms with E-state index in [9.17, 15) is 14.0 Å². The summed E-state index contributed by atoms with van der Waals surface area (Å²) in [6.45, 7) is 0.982. The number of halogens is 1. The van der Waals surface area contributed by atoms with Crippen molar-refractivity contribution in [3.8, 4) is 0 Å². The van der Waals surface area contributed by atoms with E-state index in [0.29, 0.717) is 13.1 Å². The highest BCUT2D eigenvalue weighted by Gasteiger charge is 2.29. The van der Waals surface area contributed by atoms with E-state index in [-0.39, 0.29) is 35.2 Å². The average molecular weight is 392 g/mol. The number of likely N-dealkylation sites (N-methyl/N-ethyl adjacent to an activating group) is 1. The lowest BCUT2D eigenvalue weighted by atomic mass is 10.1. The van der Waals surface area contributed by atoms with E-state index in [2.05, 4.69) is 10.3 Å². The molecule has 0 saturated heterocycles. The number of carbonyl (C=O) groups is 2. The summed E-state index contributed by atoms with van der Waals surface area (Å²) in [5, 5.41) is 2.87. The molecule has 0 aliphatic carbocycles. The van der Waals surface area contributed by atoms with Gasteiger partial charge >= 0.3 is 0 Å². The Morgan fingerprint density at radius 2 is 1.93 bits per heavy atom. The Labute approximate surface area is 168 Å². The molecule has 1 N–H and O–H groups in total. The van der Waals surface area contributed by atoms with Crippen molar-refractivity contribution in [2.24, 2.45) is 0 Å². The molecule has 148 valence electrons. The lowest BCUT2D eigenvalue weighted by molar-refractivity contribution is 0.0791. The molecule has 0 spiro atoms. The predicted octanol–water partition coefficient (Wildman–Crippen LogP) is 2.82. The average Bonchev–Trinajstić information content (AvgIpc) is 3.17. The molecule has 0 saturated carbocycles. The number of benzene rings is 2. The van der Waals surface area contributed by atoms with E-state index >= 15 is 0 Å². The van der Waals surface area contributed by atoms with Gasteiger partial charge in [0.2, 0.25) is 0 Å². The van der Waals surface area contributed by atoms with Crippen LogP contribution in [0.4, 0.5) is 4.39 Å². The minimum atomic E-state index is -0.350. The quantitative estimate of drug-likeness (QED) is 0.726. The highest BCUT2D eigenvalue weighted by atomic mass is 19.1. The molecule has 0 bridgehead atoms. The van der Waals surface area contributed by atoms with Crippen LogP contribution in [0.1, 0.15) is 38.3 Å². The molecule has 1 unspecified atom stereocenters. The number of fused-ring (bicyclic) bond motifs is 1. The van der Waals surface area contributed by atoms with Crippen LogP contribution in [-0.4, -0.2) is 39.9 Å². The summed E-state index contributed by atoms with van der Waals surface area (Å²) in [6.07, 6.45) is 2.36. The van der Waals surface area contributed by atoms with Crippen LogP contribution in [0.5, 0.6) is 0 Å². The maximum Gasteiger partial charge on any atom is 0.287 e. The lowest BCUT2D eigenvalue weighted by Gasteiger charge is -2.25. The number of nitrogens with one attached hydrogen (secondary N) is 1. The van der Waals surface area contributed by atoms with Crippen molar-refractivity contribution >= 4 is 11.8 Å². The standard InChI is InChI=1S/C22H21FN4O2/c1-26(12-11-15-5-3-2-4-6-15)22(29)19-14-27-13-18(25-21(28)20(27)24-19)16-7-9-17(23)10-8-16/h2-10,14,18H,11-13H2,1H3,(H,25,28). The van der Waals surface area contributed by atoms with Gasteiger partial charge in [-0.25, -0.2) is 9.37 Å². The summed E-state index contributed by atoms with van der Waals surface area (Å²) in [4.78, 5) is 31.1. The molecule has 3 aromatic rings. The van der Waals surface area contributed by atoms with Gasteiger partial charge in [0.15, 0.2) is 5.82 Å². The fourth-order valence-electron chi connectivity index (χ4n) is 3.43. The van der Waals surface area contributed by atoms with E-state index in [1.165, 1.54) is 12.1 Å². The van der Waals surface area contributed by atoms with E-state index in [4.69, 9.17) is 0 Å². The van der Waals surface area contributed by atoms with Crippen LogP contribution in [0.15, 0.2) is 60.8 Å². The number of hydrogen-bond donors (Lipinski definition) is 1. The zero-order valence-corrected chi connectivity index (χ0v) is 16.0. The van der Waals surface area contributed by atoms with Crippen LogP contribution < -0.4 is 5.32 Å². The second-order valence-corrected chi connectivity index (χ2v) is 7.14. The fourth-order valence-corrected chi connectivity index (χ4v) is 3.43. The van der Waals surface area contributed by atoms with Crippen LogP contribution in [0.25, 0.3) is 0 Å². The Morgan fingerprint density at radius 1 is 1.21 bits per heavy atom. The maximum atomic E-state index is 13.2. The van der Waals surface area contributed by atoms with Crippen molar-refractivity contribution < 1.29 is 14.0 Å². The van der Waals surface area contributed by atoms with E-state index in [1.807, 2.05) is 30.3 Å². The van der Waals surface area contributed by atoms with Crippen molar-refractivity contribution in [2.45, 2.75) is 19.0 Å². The summed E-state index contributed by atoms with van der Waals surface area (Å²) in [5.74, 6) is -0.695. The molecule has 7 heteroatoms. The van der Waals surface area contributed by atoms with Gasteiger partial charge in [-0.2, -0.15) is 0 Å². The van der Waals surface area contributed by atoms with Gasteiger partial charge in [0.25, 0.3) is 11.8 Å². The molecule has 2 aromatic carbocycles. The number of rotatable bonds is 5. The van der Waals surface area contributed by atoms with Crippen molar-refractivity contribution in [3.63, 3.8) is 0 Å². The molecule has 0 fully saturated rings. The highest BCUT2D eigenvalue weighted by Crippen LogP contribution is 2.22. The van der Waals surface area contributed by atoms with Crippen molar-refractivity contribution in [2.75, 3.05) is 13.6 Å². The predicted molar refractivity (Wildman–Crippen MR) is 106 cm³/mol. The normalized spacial score (nSPS) is 15.5. The summed E-state index contributed by atoms with van der Waals surface area (Å²) < 4.78 is 14.8. The number of imidazole rings is 1. The second kappa shape index (κ2) is 7.87. The van der Waals surface area contributed by atoms with Crippen LogP contribution >= 0.6 is 0 Å². The first kappa shape index (κ1) is 18.9. The number of carbonyl (C=O) groups excluding carboxylic acids is 2. The van der Waals surface area contributed by atoms with Gasteiger partial charge in [0.05, 0.1) is 6.04 Å². The van der Waals surface area contributed by atoms with E-state index in [0.717, 1.165) is 17.5 Å². The first-order valence-corrected chi connectivity index (χ1v) is 9.44.